The summed E-state index contributed by atoms with van der Waals surface area (Å²) in [6, 6.07) is 22.6. The number of nitrogens with zero attached hydrogens (tertiary/aromatic N) is 1. The number of hydrogen-bond acceptors (Lipinski definition) is 4. The summed E-state index contributed by atoms with van der Waals surface area (Å²) >= 11 is 0. The molecule has 1 N–H and O–H groups in total. The van der Waals surface area contributed by atoms with Crippen LogP contribution in [0.5, 0.6) is 5.75 Å². The van der Waals surface area contributed by atoms with Crippen molar-refractivity contribution in [2.45, 2.75) is 43.5 Å². The molecule has 6 nitrogen and oxygen atoms in total. The third kappa shape index (κ3) is 5.92. The molecule has 1 aliphatic heterocycles. The number of carbonyl (C=O) groups excluding carboxylic acids is 1. The molecule has 0 aromatic heterocycles. The molecule has 1 saturated heterocycles. The molecular formula is C28H32N2O4S. The summed E-state index contributed by atoms with van der Waals surface area (Å²) in [7, 11) is -1.99. The van der Waals surface area contributed by atoms with Crippen LogP contribution in [0.4, 0.5) is 0 Å². The molecule has 0 spiro atoms. The molecule has 4 rings (SSSR count). The van der Waals surface area contributed by atoms with Gasteiger partial charge in [-0.05, 0) is 61.1 Å². The first-order valence-corrected chi connectivity index (χ1v) is 13.4. The first-order valence-electron chi connectivity index (χ1n) is 12.0. The quantitative estimate of drug-likeness (QED) is 0.473. The van der Waals surface area contributed by atoms with Gasteiger partial charge in [0, 0.05) is 19.5 Å². The average molecular weight is 493 g/mol. The second kappa shape index (κ2) is 11.1. The van der Waals surface area contributed by atoms with Gasteiger partial charge in [0.05, 0.1) is 18.0 Å². The lowest BCUT2D eigenvalue weighted by Gasteiger charge is -2.21. The zero-order valence-corrected chi connectivity index (χ0v) is 21.1. The van der Waals surface area contributed by atoms with Gasteiger partial charge in [-0.3, -0.25) is 4.79 Å². The van der Waals surface area contributed by atoms with E-state index in [1.807, 2.05) is 55.5 Å². The Hall–Kier alpha value is -3.16. The number of hydrogen-bond donors (Lipinski definition) is 1. The third-order valence-electron chi connectivity index (χ3n) is 6.39. The van der Waals surface area contributed by atoms with Crippen molar-refractivity contribution in [1.82, 2.24) is 9.62 Å². The second-order valence-corrected chi connectivity index (χ2v) is 10.8. The van der Waals surface area contributed by atoms with E-state index in [4.69, 9.17) is 4.74 Å². The Morgan fingerprint density at radius 1 is 0.971 bits per heavy atom. The molecule has 1 fully saturated rings. The number of amides is 1. The lowest BCUT2D eigenvalue weighted by Crippen LogP contribution is -2.29. The Bertz CT molecular complexity index is 1270. The van der Waals surface area contributed by atoms with E-state index in [0.29, 0.717) is 30.8 Å². The first kappa shape index (κ1) is 24.9. The van der Waals surface area contributed by atoms with Crippen LogP contribution in [0, 0.1) is 6.92 Å². The lowest BCUT2D eigenvalue weighted by atomic mass is 9.97. The van der Waals surface area contributed by atoms with Crippen molar-refractivity contribution < 1.29 is 17.9 Å². The lowest BCUT2D eigenvalue weighted by molar-refractivity contribution is -0.121. The molecule has 3 aromatic carbocycles. The molecule has 1 aliphatic rings. The molecule has 7 heteroatoms. The van der Waals surface area contributed by atoms with Gasteiger partial charge in [0.1, 0.15) is 5.75 Å². The second-order valence-electron chi connectivity index (χ2n) is 8.91. The van der Waals surface area contributed by atoms with Gasteiger partial charge in [-0.25, -0.2) is 8.42 Å². The largest absolute Gasteiger partial charge is 0.496 e. The highest BCUT2D eigenvalue weighted by Crippen LogP contribution is 2.28. The van der Waals surface area contributed by atoms with Crippen LogP contribution >= 0.6 is 0 Å². The zero-order chi connectivity index (χ0) is 24.8. The maximum atomic E-state index is 13.1. The van der Waals surface area contributed by atoms with Crippen molar-refractivity contribution >= 4 is 15.9 Å². The standard InChI is InChI=1S/C28H32N2O4S/c1-21-9-8-12-24(19-21)28(22-10-4-3-5-11-22)29-27(31)16-13-23-20-25(14-15-26(23)34-2)35(32,33)30-17-6-7-18-30/h3-5,8-12,14-15,19-20,28H,6-7,13,16-18H2,1-2H3,(H,29,31). The minimum absolute atomic E-state index is 0.116. The fourth-order valence-corrected chi connectivity index (χ4v) is 6.09. The number of rotatable bonds is 9. The first-order chi connectivity index (χ1) is 16.9. The molecule has 0 radical (unpaired) electrons. The summed E-state index contributed by atoms with van der Waals surface area (Å²) in [5.74, 6) is 0.465. The number of carbonyl (C=O) groups is 1. The predicted octanol–water partition coefficient (Wildman–Crippen LogP) is 4.63. The Morgan fingerprint density at radius 2 is 1.69 bits per heavy atom. The van der Waals surface area contributed by atoms with E-state index >= 15 is 0 Å². The maximum Gasteiger partial charge on any atom is 0.243 e. The van der Waals surface area contributed by atoms with E-state index in [2.05, 4.69) is 11.4 Å². The smallest absolute Gasteiger partial charge is 0.243 e. The number of aryl methyl sites for hydroxylation is 2. The van der Waals surface area contributed by atoms with Crippen LogP contribution in [0.1, 0.15) is 47.6 Å². The van der Waals surface area contributed by atoms with E-state index in [1.165, 1.54) is 4.31 Å². The molecule has 184 valence electrons. The zero-order valence-electron chi connectivity index (χ0n) is 20.2. The number of ether oxygens (including phenoxy) is 1. The minimum atomic E-state index is -3.54. The van der Waals surface area contributed by atoms with Crippen LogP contribution in [0.25, 0.3) is 0 Å². The highest BCUT2D eigenvalue weighted by atomic mass is 32.2. The molecular weight excluding hydrogens is 460 g/mol. The van der Waals surface area contributed by atoms with E-state index in [9.17, 15) is 13.2 Å². The van der Waals surface area contributed by atoms with Crippen molar-refractivity contribution in [3.63, 3.8) is 0 Å². The van der Waals surface area contributed by atoms with Gasteiger partial charge < -0.3 is 10.1 Å². The number of methoxy groups -OCH3 is 1. The monoisotopic (exact) mass is 492 g/mol. The Kier molecular flexibility index (Phi) is 7.88. The van der Waals surface area contributed by atoms with Crippen molar-refractivity contribution in [3.05, 3.63) is 95.1 Å². The van der Waals surface area contributed by atoms with E-state index in [1.54, 1.807) is 25.3 Å². The molecule has 1 unspecified atom stereocenters. The van der Waals surface area contributed by atoms with Crippen molar-refractivity contribution in [3.8, 4) is 5.75 Å². The predicted molar refractivity (Wildman–Crippen MR) is 137 cm³/mol. The summed E-state index contributed by atoms with van der Waals surface area (Å²) in [5, 5.41) is 3.17. The Morgan fingerprint density at radius 3 is 2.37 bits per heavy atom. The summed E-state index contributed by atoms with van der Waals surface area (Å²) in [6.45, 7) is 3.13. The Balaban J connectivity index is 1.52. The highest BCUT2D eigenvalue weighted by Gasteiger charge is 2.28. The minimum Gasteiger partial charge on any atom is -0.496 e. The van der Waals surface area contributed by atoms with Crippen molar-refractivity contribution in [2.24, 2.45) is 0 Å². The third-order valence-corrected chi connectivity index (χ3v) is 8.28. The van der Waals surface area contributed by atoms with Crippen LogP contribution in [-0.2, 0) is 21.2 Å². The highest BCUT2D eigenvalue weighted by molar-refractivity contribution is 7.89. The van der Waals surface area contributed by atoms with Gasteiger partial charge in [0.25, 0.3) is 0 Å². The molecule has 35 heavy (non-hydrogen) atoms. The summed E-state index contributed by atoms with van der Waals surface area (Å²) in [5.41, 5.74) is 3.84. The summed E-state index contributed by atoms with van der Waals surface area (Å²) in [4.78, 5) is 13.3. The van der Waals surface area contributed by atoms with Crippen LogP contribution in [-0.4, -0.2) is 38.8 Å². The Labute approximate surface area is 208 Å². The molecule has 1 heterocycles. The average Bonchev–Trinajstić information content (AvgIpc) is 3.42. The van der Waals surface area contributed by atoms with E-state index in [0.717, 1.165) is 29.5 Å². The van der Waals surface area contributed by atoms with E-state index in [-0.39, 0.29) is 23.3 Å². The van der Waals surface area contributed by atoms with Crippen molar-refractivity contribution in [1.29, 1.82) is 0 Å². The number of benzene rings is 3. The van der Waals surface area contributed by atoms with Gasteiger partial charge in [-0.15, -0.1) is 0 Å². The molecule has 0 bridgehead atoms. The SMILES string of the molecule is COc1ccc(S(=O)(=O)N2CCCC2)cc1CCC(=O)NC(c1ccccc1)c1cccc(C)c1. The van der Waals surface area contributed by atoms with Crippen LogP contribution in [0.2, 0.25) is 0 Å². The van der Waals surface area contributed by atoms with Crippen LogP contribution in [0.15, 0.2) is 77.7 Å². The van der Waals surface area contributed by atoms with Gasteiger partial charge in [-0.1, -0.05) is 60.2 Å². The molecule has 1 amide bonds. The molecule has 1 atom stereocenters. The maximum absolute atomic E-state index is 13.1. The fourth-order valence-electron chi connectivity index (χ4n) is 4.52. The van der Waals surface area contributed by atoms with Crippen molar-refractivity contribution in [2.75, 3.05) is 20.2 Å². The number of nitrogens with one attached hydrogen (secondary N) is 1. The fraction of sp³-hybridized carbons (Fsp3) is 0.321. The summed E-state index contributed by atoms with van der Waals surface area (Å²) in [6.07, 6.45) is 2.34. The van der Waals surface area contributed by atoms with Gasteiger partial charge >= 0.3 is 0 Å². The molecule has 3 aromatic rings. The van der Waals surface area contributed by atoms with E-state index < -0.39 is 10.0 Å². The van der Waals surface area contributed by atoms with Gasteiger partial charge in [-0.2, -0.15) is 4.31 Å². The normalized spacial score (nSPS) is 15.0. The summed E-state index contributed by atoms with van der Waals surface area (Å²) < 4.78 is 33.0. The van der Waals surface area contributed by atoms with Gasteiger partial charge in [0.2, 0.25) is 15.9 Å². The topological polar surface area (TPSA) is 75.7 Å². The molecule has 0 aliphatic carbocycles. The van der Waals surface area contributed by atoms with Crippen LogP contribution < -0.4 is 10.1 Å². The molecule has 0 saturated carbocycles. The van der Waals surface area contributed by atoms with Crippen LogP contribution in [0.3, 0.4) is 0 Å². The number of sulfonamides is 1. The van der Waals surface area contributed by atoms with Gasteiger partial charge in [0.15, 0.2) is 0 Å².